The van der Waals surface area contributed by atoms with Crippen molar-refractivity contribution in [3.8, 4) is 0 Å². The number of hydrogen-bond acceptors (Lipinski definition) is 4. The average molecular weight is 276 g/mol. The fourth-order valence-electron chi connectivity index (χ4n) is 3.91. The molecule has 2 aliphatic rings. The lowest BCUT2D eigenvalue weighted by Gasteiger charge is -2.22. The number of rotatable bonds is 5. The van der Waals surface area contributed by atoms with Gasteiger partial charge in [-0.1, -0.05) is 6.42 Å². The van der Waals surface area contributed by atoms with Gasteiger partial charge in [-0.3, -0.25) is 4.79 Å². The van der Waals surface area contributed by atoms with Gasteiger partial charge in [-0.05, 0) is 37.0 Å². The monoisotopic (exact) mass is 276 g/mol. The highest BCUT2D eigenvalue weighted by molar-refractivity contribution is 5.41. The van der Waals surface area contributed by atoms with Crippen molar-refractivity contribution < 1.29 is 0 Å². The van der Waals surface area contributed by atoms with Gasteiger partial charge in [-0.25, -0.2) is 4.68 Å². The van der Waals surface area contributed by atoms with E-state index in [1.54, 1.807) is 16.9 Å². The van der Waals surface area contributed by atoms with Crippen LogP contribution in [0.25, 0.3) is 0 Å². The minimum Gasteiger partial charge on any atom is -0.372 e. The highest BCUT2D eigenvalue weighted by Crippen LogP contribution is 2.48. The van der Waals surface area contributed by atoms with E-state index in [9.17, 15) is 4.79 Å². The van der Waals surface area contributed by atoms with Crippen molar-refractivity contribution in [1.29, 1.82) is 0 Å². The zero-order valence-corrected chi connectivity index (χ0v) is 12.2. The lowest BCUT2D eigenvalue weighted by molar-refractivity contribution is 0.280. The van der Waals surface area contributed by atoms with Crippen molar-refractivity contribution in [1.82, 2.24) is 9.78 Å². The first-order valence-electron chi connectivity index (χ1n) is 7.65. The molecular formula is C15H24N4O. The van der Waals surface area contributed by atoms with Crippen molar-refractivity contribution in [2.45, 2.75) is 32.2 Å². The molecule has 0 amide bonds. The van der Waals surface area contributed by atoms with E-state index in [0.717, 1.165) is 30.6 Å². The summed E-state index contributed by atoms with van der Waals surface area (Å²) >= 11 is 0. The maximum atomic E-state index is 12.2. The molecule has 5 heteroatoms. The maximum absolute atomic E-state index is 12.2. The molecule has 2 fully saturated rings. The van der Waals surface area contributed by atoms with Crippen LogP contribution in [0.1, 0.15) is 25.7 Å². The van der Waals surface area contributed by atoms with E-state index in [-0.39, 0.29) is 5.56 Å². The predicted octanol–water partition coefficient (Wildman–Crippen LogP) is 1.07. The van der Waals surface area contributed by atoms with E-state index in [1.165, 1.54) is 25.7 Å². The Bertz CT molecular complexity index is 527. The van der Waals surface area contributed by atoms with E-state index in [2.05, 4.69) is 5.10 Å². The van der Waals surface area contributed by atoms with E-state index < -0.39 is 0 Å². The van der Waals surface area contributed by atoms with E-state index >= 15 is 0 Å². The molecule has 2 N–H and O–H groups in total. The summed E-state index contributed by atoms with van der Waals surface area (Å²) < 4.78 is 1.64. The van der Waals surface area contributed by atoms with Gasteiger partial charge in [-0.2, -0.15) is 5.10 Å². The van der Waals surface area contributed by atoms with Gasteiger partial charge < -0.3 is 10.6 Å². The number of anilines is 1. The third-order valence-electron chi connectivity index (χ3n) is 5.05. The minimum absolute atomic E-state index is 0.00847. The number of fused-ring (bicyclic) bond motifs is 2. The van der Waals surface area contributed by atoms with Gasteiger partial charge in [0.25, 0.3) is 5.56 Å². The van der Waals surface area contributed by atoms with Gasteiger partial charge in [0.05, 0.1) is 11.9 Å². The summed E-state index contributed by atoms with van der Waals surface area (Å²) in [5.74, 6) is 2.40. The molecule has 1 aromatic rings. The van der Waals surface area contributed by atoms with Gasteiger partial charge in [0.1, 0.15) is 0 Å². The number of aromatic nitrogens is 2. The van der Waals surface area contributed by atoms with Gasteiger partial charge in [0, 0.05) is 32.7 Å². The smallest absolute Gasteiger partial charge is 0.268 e. The van der Waals surface area contributed by atoms with Crippen LogP contribution in [0.2, 0.25) is 0 Å². The Morgan fingerprint density at radius 3 is 2.90 bits per heavy atom. The lowest BCUT2D eigenvalue weighted by Crippen LogP contribution is -2.31. The number of likely N-dealkylation sites (N-methyl/N-ethyl adjacent to an activating group) is 1. The Hall–Kier alpha value is -1.36. The molecule has 20 heavy (non-hydrogen) atoms. The molecule has 5 nitrogen and oxygen atoms in total. The molecule has 2 aliphatic carbocycles. The van der Waals surface area contributed by atoms with Crippen molar-refractivity contribution >= 4 is 5.69 Å². The largest absolute Gasteiger partial charge is 0.372 e. The lowest BCUT2D eigenvalue weighted by atomic mass is 9.89. The molecule has 1 heterocycles. The minimum atomic E-state index is 0.00847. The fraction of sp³-hybridized carbons (Fsp3) is 0.733. The number of nitrogens with zero attached hydrogens (tertiary/aromatic N) is 3. The highest BCUT2D eigenvalue weighted by atomic mass is 16.1. The first-order valence-corrected chi connectivity index (χ1v) is 7.65. The third-order valence-corrected chi connectivity index (χ3v) is 5.05. The molecule has 0 radical (unpaired) electrons. The summed E-state index contributed by atoms with van der Waals surface area (Å²) in [5, 5.41) is 4.35. The van der Waals surface area contributed by atoms with Crippen molar-refractivity contribution in [3.63, 3.8) is 0 Å². The Morgan fingerprint density at radius 2 is 2.30 bits per heavy atom. The summed E-state index contributed by atoms with van der Waals surface area (Å²) in [6.07, 6.45) is 7.18. The van der Waals surface area contributed by atoms with Crippen LogP contribution in [0, 0.1) is 17.8 Å². The van der Waals surface area contributed by atoms with Crippen molar-refractivity contribution in [2.24, 2.45) is 23.5 Å². The summed E-state index contributed by atoms with van der Waals surface area (Å²) in [7, 11) is 1.93. The SMILES string of the molecule is CN(CCN)c1cnn(CC2CC3CCC2C3)c(=O)c1. The second kappa shape index (κ2) is 5.56. The molecule has 3 rings (SSSR count). The molecule has 3 unspecified atom stereocenters. The molecule has 0 saturated heterocycles. The number of hydrogen-bond donors (Lipinski definition) is 1. The van der Waals surface area contributed by atoms with Gasteiger partial charge in [0.2, 0.25) is 0 Å². The first-order chi connectivity index (χ1) is 9.67. The van der Waals surface area contributed by atoms with Crippen LogP contribution < -0.4 is 16.2 Å². The van der Waals surface area contributed by atoms with E-state index in [0.29, 0.717) is 12.5 Å². The number of nitrogens with two attached hydrogens (primary N) is 1. The molecular weight excluding hydrogens is 252 g/mol. The maximum Gasteiger partial charge on any atom is 0.268 e. The van der Waals surface area contributed by atoms with E-state index in [1.807, 2.05) is 11.9 Å². The molecule has 2 bridgehead atoms. The molecule has 0 spiro atoms. The van der Waals surface area contributed by atoms with Crippen LogP contribution in [0.15, 0.2) is 17.1 Å². The quantitative estimate of drug-likeness (QED) is 0.874. The fourth-order valence-corrected chi connectivity index (χ4v) is 3.91. The molecule has 1 aromatic heterocycles. The predicted molar refractivity (Wildman–Crippen MR) is 79.8 cm³/mol. The van der Waals surface area contributed by atoms with Crippen LogP contribution in [0.3, 0.4) is 0 Å². The molecule has 3 atom stereocenters. The van der Waals surface area contributed by atoms with Crippen LogP contribution in [-0.2, 0) is 6.54 Å². The molecule has 110 valence electrons. The third kappa shape index (κ3) is 2.59. The summed E-state index contributed by atoms with van der Waals surface area (Å²) in [6.45, 7) is 2.10. The molecule has 2 saturated carbocycles. The Morgan fingerprint density at radius 1 is 1.45 bits per heavy atom. The van der Waals surface area contributed by atoms with Crippen molar-refractivity contribution in [2.75, 3.05) is 25.0 Å². The topological polar surface area (TPSA) is 64.2 Å². The Kier molecular flexibility index (Phi) is 3.78. The van der Waals surface area contributed by atoms with Gasteiger partial charge >= 0.3 is 0 Å². The summed E-state index contributed by atoms with van der Waals surface area (Å²) in [6, 6.07) is 1.68. The summed E-state index contributed by atoms with van der Waals surface area (Å²) in [5.41, 5.74) is 6.39. The molecule has 0 aliphatic heterocycles. The Balaban J connectivity index is 1.70. The van der Waals surface area contributed by atoms with Crippen LogP contribution in [-0.4, -0.2) is 29.9 Å². The van der Waals surface area contributed by atoms with Gasteiger partial charge in [-0.15, -0.1) is 0 Å². The average Bonchev–Trinajstić information content (AvgIpc) is 3.03. The highest BCUT2D eigenvalue weighted by Gasteiger charge is 2.39. The second-order valence-corrected chi connectivity index (χ2v) is 6.38. The Labute approximate surface area is 119 Å². The summed E-state index contributed by atoms with van der Waals surface area (Å²) in [4.78, 5) is 14.2. The van der Waals surface area contributed by atoms with Crippen molar-refractivity contribution in [3.05, 3.63) is 22.6 Å². The van der Waals surface area contributed by atoms with Gasteiger partial charge in [0.15, 0.2) is 0 Å². The van der Waals surface area contributed by atoms with Crippen LogP contribution in [0.4, 0.5) is 5.69 Å². The normalized spacial score (nSPS) is 28.0. The second-order valence-electron chi connectivity index (χ2n) is 6.38. The standard InChI is InChI=1S/C15H24N4O/c1-18(5-4-16)14-8-15(20)19(17-9-14)10-13-7-11-2-3-12(13)6-11/h8-9,11-13H,2-7,10,16H2,1H3. The zero-order chi connectivity index (χ0) is 14.1. The first kappa shape index (κ1) is 13.6. The van der Waals surface area contributed by atoms with Crippen LogP contribution in [0.5, 0.6) is 0 Å². The van der Waals surface area contributed by atoms with Crippen LogP contribution >= 0.6 is 0 Å². The zero-order valence-electron chi connectivity index (χ0n) is 12.2. The van der Waals surface area contributed by atoms with E-state index in [4.69, 9.17) is 5.73 Å². The molecule has 0 aromatic carbocycles.